The van der Waals surface area contributed by atoms with Crippen LogP contribution in [0.25, 0.3) is 17.4 Å². The van der Waals surface area contributed by atoms with Gasteiger partial charge in [-0.05, 0) is 54.6 Å². The Bertz CT molecular complexity index is 1280. The number of furan rings is 1. The molecule has 0 bridgehead atoms. The normalized spacial score (nSPS) is 14.9. The summed E-state index contributed by atoms with van der Waals surface area (Å²) in [6.45, 7) is 0. The summed E-state index contributed by atoms with van der Waals surface area (Å²) in [5, 5.41) is 11.0. The van der Waals surface area contributed by atoms with Crippen LogP contribution in [-0.4, -0.2) is 22.9 Å². The van der Waals surface area contributed by atoms with E-state index in [0.717, 1.165) is 5.01 Å². The van der Waals surface area contributed by atoms with Crippen molar-refractivity contribution < 1.29 is 23.9 Å². The molecule has 0 spiro atoms. The van der Waals surface area contributed by atoms with Gasteiger partial charge in [-0.25, -0.2) is 9.80 Å². The van der Waals surface area contributed by atoms with Crippen LogP contribution in [0, 0.1) is 0 Å². The van der Waals surface area contributed by atoms with Gasteiger partial charge in [-0.3, -0.25) is 15.0 Å². The third kappa shape index (κ3) is 4.10. The van der Waals surface area contributed by atoms with Crippen LogP contribution >= 0.6 is 39.1 Å². The van der Waals surface area contributed by atoms with Gasteiger partial charge in [0.05, 0.1) is 21.3 Å². The highest BCUT2D eigenvalue weighted by atomic mass is 79.9. The van der Waals surface area contributed by atoms with Gasteiger partial charge < -0.3 is 9.52 Å². The van der Waals surface area contributed by atoms with Crippen LogP contribution in [0.15, 0.2) is 63.0 Å². The first-order valence-corrected chi connectivity index (χ1v) is 10.2. The third-order valence-corrected chi connectivity index (χ3v) is 5.68. The van der Waals surface area contributed by atoms with Crippen LogP contribution in [-0.2, 0) is 9.59 Å². The second-order valence-corrected chi connectivity index (χ2v) is 8.17. The van der Waals surface area contributed by atoms with Crippen LogP contribution in [0.1, 0.15) is 16.1 Å². The first kappa shape index (κ1) is 21.2. The number of amides is 2. The van der Waals surface area contributed by atoms with E-state index < -0.39 is 17.8 Å². The number of nitrogens with zero attached hydrogens (tertiary/aromatic N) is 1. The summed E-state index contributed by atoms with van der Waals surface area (Å²) >= 11 is 15.1. The van der Waals surface area contributed by atoms with Gasteiger partial charge in [-0.1, -0.05) is 39.1 Å². The Hall–Kier alpha value is -3.07. The number of hydrogen-bond acceptors (Lipinski definition) is 4. The monoisotopic (exact) mass is 520 g/mol. The third-order valence-electron chi connectivity index (χ3n) is 4.44. The molecule has 0 atom stereocenters. The minimum Gasteiger partial charge on any atom is -0.478 e. The highest BCUT2D eigenvalue weighted by molar-refractivity contribution is 9.10. The number of nitrogens with one attached hydrogen (secondary N) is 1. The second-order valence-electron chi connectivity index (χ2n) is 6.43. The topological polar surface area (TPSA) is 99.9 Å². The summed E-state index contributed by atoms with van der Waals surface area (Å²) in [5.74, 6) is -1.84. The number of anilines is 1. The van der Waals surface area contributed by atoms with Gasteiger partial charge in [0.2, 0.25) is 0 Å². The molecule has 31 heavy (non-hydrogen) atoms. The van der Waals surface area contributed by atoms with E-state index in [1.165, 1.54) is 24.3 Å². The summed E-state index contributed by atoms with van der Waals surface area (Å²) < 4.78 is 6.30. The smallest absolute Gasteiger partial charge is 0.336 e. The Labute approximate surface area is 194 Å². The molecule has 0 radical (unpaired) electrons. The van der Waals surface area contributed by atoms with Crippen molar-refractivity contribution in [2.45, 2.75) is 0 Å². The highest BCUT2D eigenvalue weighted by Crippen LogP contribution is 2.31. The Balaban J connectivity index is 1.65. The van der Waals surface area contributed by atoms with E-state index in [9.17, 15) is 19.5 Å². The lowest BCUT2D eigenvalue weighted by molar-refractivity contribution is -0.117. The maximum atomic E-state index is 12.7. The average molecular weight is 522 g/mol. The quantitative estimate of drug-likeness (QED) is 0.364. The standard InChI is InChI=1S/C21H11BrCl2N2O5/c22-10-1-4-13(14(7-10)21(29)30)18-6-3-12(31-18)9-15-19(27)25-26(20(15)28)11-2-5-16(23)17(24)8-11/h1-9H,(H,25,27)(H,29,30)/b15-9+. The van der Waals surface area contributed by atoms with Gasteiger partial charge in [0, 0.05) is 10.0 Å². The number of carbonyl (C=O) groups is 3. The zero-order chi connectivity index (χ0) is 22.3. The number of benzene rings is 2. The SMILES string of the molecule is O=C1NN(c2ccc(Cl)c(Cl)c2)C(=O)/C1=C/c1ccc(-c2ccc(Br)cc2C(=O)O)o1. The lowest BCUT2D eigenvalue weighted by Crippen LogP contribution is -2.35. The van der Waals surface area contributed by atoms with Crippen molar-refractivity contribution in [2.75, 3.05) is 5.01 Å². The Morgan fingerprint density at radius 3 is 2.55 bits per heavy atom. The van der Waals surface area contributed by atoms with Crippen molar-refractivity contribution >= 4 is 68.7 Å². The van der Waals surface area contributed by atoms with Gasteiger partial charge in [0.15, 0.2) is 0 Å². The van der Waals surface area contributed by atoms with Gasteiger partial charge >= 0.3 is 5.97 Å². The molecule has 2 heterocycles. The molecule has 10 heteroatoms. The van der Waals surface area contributed by atoms with E-state index in [1.54, 1.807) is 30.3 Å². The van der Waals surface area contributed by atoms with E-state index in [0.29, 0.717) is 20.7 Å². The van der Waals surface area contributed by atoms with E-state index >= 15 is 0 Å². The number of carboxylic acids is 1. The highest BCUT2D eigenvalue weighted by Gasteiger charge is 2.35. The maximum Gasteiger partial charge on any atom is 0.336 e. The molecule has 0 saturated carbocycles. The molecule has 0 aliphatic carbocycles. The molecule has 1 aromatic heterocycles. The molecule has 0 unspecified atom stereocenters. The summed E-state index contributed by atoms with van der Waals surface area (Å²) in [4.78, 5) is 36.6. The first-order chi connectivity index (χ1) is 14.7. The van der Waals surface area contributed by atoms with Crippen molar-refractivity contribution in [2.24, 2.45) is 0 Å². The Kier molecular flexibility index (Phi) is 5.62. The minimum atomic E-state index is -1.12. The lowest BCUT2D eigenvalue weighted by Gasteiger charge is -2.15. The second kappa shape index (κ2) is 8.22. The number of carbonyl (C=O) groups excluding carboxylic acids is 2. The fourth-order valence-electron chi connectivity index (χ4n) is 2.99. The molecule has 1 fully saturated rings. The van der Waals surface area contributed by atoms with Crippen LogP contribution < -0.4 is 10.4 Å². The predicted molar refractivity (Wildman–Crippen MR) is 119 cm³/mol. The Morgan fingerprint density at radius 1 is 1.06 bits per heavy atom. The first-order valence-electron chi connectivity index (χ1n) is 8.70. The maximum absolute atomic E-state index is 12.7. The fraction of sp³-hybridized carbons (Fsp3) is 0. The van der Waals surface area contributed by atoms with Gasteiger partial charge in [0.1, 0.15) is 17.1 Å². The molecule has 3 aromatic rings. The molecule has 1 aliphatic heterocycles. The summed E-state index contributed by atoms with van der Waals surface area (Å²) in [7, 11) is 0. The molecular formula is C21H11BrCl2N2O5. The molecule has 7 nitrogen and oxygen atoms in total. The largest absolute Gasteiger partial charge is 0.478 e. The van der Waals surface area contributed by atoms with E-state index in [2.05, 4.69) is 21.4 Å². The van der Waals surface area contributed by atoms with Crippen molar-refractivity contribution in [1.82, 2.24) is 5.43 Å². The van der Waals surface area contributed by atoms with Gasteiger partial charge in [-0.2, -0.15) is 0 Å². The predicted octanol–water partition coefficient (Wildman–Crippen LogP) is 5.18. The molecule has 2 aromatic carbocycles. The number of rotatable bonds is 4. The average Bonchev–Trinajstić information content (AvgIpc) is 3.30. The van der Waals surface area contributed by atoms with Crippen molar-refractivity contribution in [3.8, 4) is 11.3 Å². The van der Waals surface area contributed by atoms with Crippen molar-refractivity contribution in [3.05, 3.63) is 79.9 Å². The van der Waals surface area contributed by atoms with Gasteiger partial charge in [-0.15, -0.1) is 0 Å². The van der Waals surface area contributed by atoms with Crippen LogP contribution in [0.4, 0.5) is 5.69 Å². The molecule has 156 valence electrons. The molecule has 4 rings (SSSR count). The fourth-order valence-corrected chi connectivity index (χ4v) is 3.64. The molecule has 2 amide bonds. The zero-order valence-corrected chi connectivity index (χ0v) is 18.5. The minimum absolute atomic E-state index is 0.0448. The van der Waals surface area contributed by atoms with E-state index in [-0.39, 0.29) is 27.7 Å². The van der Waals surface area contributed by atoms with Crippen LogP contribution in [0.5, 0.6) is 0 Å². The number of carboxylic acid groups (broad SMARTS) is 1. The van der Waals surface area contributed by atoms with Crippen molar-refractivity contribution in [3.63, 3.8) is 0 Å². The lowest BCUT2D eigenvalue weighted by atomic mass is 10.1. The summed E-state index contributed by atoms with van der Waals surface area (Å²) in [5.41, 5.74) is 3.05. The van der Waals surface area contributed by atoms with E-state index in [1.807, 2.05) is 0 Å². The van der Waals surface area contributed by atoms with E-state index in [4.69, 9.17) is 27.6 Å². The number of hydrazine groups is 1. The zero-order valence-electron chi connectivity index (χ0n) is 15.4. The number of halogens is 3. The Morgan fingerprint density at radius 2 is 1.84 bits per heavy atom. The molecular weight excluding hydrogens is 511 g/mol. The number of aromatic carboxylic acids is 1. The van der Waals surface area contributed by atoms with Crippen LogP contribution in [0.2, 0.25) is 10.0 Å². The molecule has 1 aliphatic rings. The number of hydrogen-bond donors (Lipinski definition) is 2. The summed E-state index contributed by atoms with van der Waals surface area (Å²) in [6.07, 6.45) is 1.29. The van der Waals surface area contributed by atoms with Crippen molar-refractivity contribution in [1.29, 1.82) is 0 Å². The molecule has 2 N–H and O–H groups in total. The van der Waals surface area contributed by atoms with Gasteiger partial charge in [0.25, 0.3) is 11.8 Å². The van der Waals surface area contributed by atoms with Crippen LogP contribution in [0.3, 0.4) is 0 Å². The molecule has 1 saturated heterocycles. The summed E-state index contributed by atoms with van der Waals surface area (Å²) in [6, 6.07) is 12.4.